The van der Waals surface area contributed by atoms with E-state index in [1.54, 1.807) is 0 Å². The Labute approximate surface area is 123 Å². The second-order valence-corrected chi connectivity index (χ2v) is 4.99. The fourth-order valence-corrected chi connectivity index (χ4v) is 1.81. The Morgan fingerprint density at radius 3 is 1.60 bits per heavy atom. The molecule has 0 aromatic carbocycles. The molecule has 0 fully saturated rings. The second-order valence-electron chi connectivity index (χ2n) is 4.99. The van der Waals surface area contributed by atoms with Gasteiger partial charge in [0.15, 0.2) is 6.29 Å². The average molecular weight is 288 g/mol. The molecule has 0 unspecified atom stereocenters. The molecule has 0 amide bonds. The highest BCUT2D eigenvalue weighted by Crippen LogP contribution is 2.11. The van der Waals surface area contributed by atoms with Gasteiger partial charge in [-0.15, -0.1) is 0 Å². The van der Waals surface area contributed by atoms with Crippen molar-refractivity contribution in [3.8, 4) is 0 Å². The molecule has 0 spiro atoms. The highest BCUT2D eigenvalue weighted by atomic mass is 16.5. The van der Waals surface area contributed by atoms with Crippen molar-refractivity contribution < 1.29 is 20.1 Å². The average Bonchev–Trinajstić information content (AvgIpc) is 2.41. The first kappa shape index (κ1) is 21.4. The lowest BCUT2D eigenvalue weighted by Crippen LogP contribution is -2.02. The summed E-state index contributed by atoms with van der Waals surface area (Å²) in [6, 6.07) is 0. The molecule has 0 aliphatic carbocycles. The number of aliphatic carboxylic acids is 1. The molecule has 0 aliphatic heterocycles. The molecule has 0 atom stereocenters. The van der Waals surface area contributed by atoms with E-state index in [-0.39, 0.29) is 0 Å². The zero-order valence-electron chi connectivity index (χ0n) is 12.9. The van der Waals surface area contributed by atoms with Gasteiger partial charge in [-0.05, 0) is 12.8 Å². The normalized spacial score (nSPS) is 10.0. The minimum atomic E-state index is -1.10. The minimum absolute atomic E-state index is 0.538. The fraction of sp³-hybridized carbons (Fsp3) is 0.812. The van der Waals surface area contributed by atoms with Crippen LogP contribution in [0, 0.1) is 0 Å². The quantitative estimate of drug-likeness (QED) is 0.289. The molecule has 0 aliphatic rings. The van der Waals surface area contributed by atoms with Crippen LogP contribution in [0.1, 0.15) is 77.6 Å². The van der Waals surface area contributed by atoms with Crippen LogP contribution in [0.3, 0.4) is 0 Å². The summed E-state index contributed by atoms with van der Waals surface area (Å²) in [5, 5.41) is 24.9. The first-order valence-electron chi connectivity index (χ1n) is 7.76. The van der Waals surface area contributed by atoms with Crippen LogP contribution in [0.25, 0.3) is 0 Å². The molecule has 0 rings (SSSR count). The predicted molar refractivity (Wildman–Crippen MR) is 82.5 cm³/mol. The van der Waals surface area contributed by atoms with Gasteiger partial charge in [0.05, 0.1) is 0 Å². The lowest BCUT2D eigenvalue weighted by Gasteiger charge is -2.03. The van der Waals surface area contributed by atoms with Crippen molar-refractivity contribution in [3.63, 3.8) is 0 Å². The molecule has 4 nitrogen and oxygen atoms in total. The van der Waals surface area contributed by atoms with Gasteiger partial charge in [-0.1, -0.05) is 71.3 Å². The summed E-state index contributed by atoms with van der Waals surface area (Å²) in [5.41, 5.74) is 0. The van der Waals surface area contributed by atoms with E-state index < -0.39 is 12.3 Å². The van der Waals surface area contributed by atoms with E-state index >= 15 is 0 Å². The van der Waals surface area contributed by atoms with Crippen molar-refractivity contribution in [2.45, 2.75) is 83.8 Å². The summed E-state index contributed by atoms with van der Waals surface area (Å²) >= 11 is 0. The molecule has 120 valence electrons. The number of carbonyl (C=O) groups is 1. The minimum Gasteiger partial charge on any atom is -0.478 e. The van der Waals surface area contributed by atoms with Crippen LogP contribution in [-0.4, -0.2) is 27.6 Å². The third kappa shape index (κ3) is 25.9. The number of carboxylic acid groups (broad SMARTS) is 1. The van der Waals surface area contributed by atoms with E-state index in [0.717, 1.165) is 18.9 Å². The fourth-order valence-electron chi connectivity index (χ4n) is 1.81. The number of hydrogen-bond donors (Lipinski definition) is 3. The van der Waals surface area contributed by atoms with Gasteiger partial charge in [0, 0.05) is 6.08 Å². The van der Waals surface area contributed by atoms with E-state index in [2.05, 4.69) is 13.5 Å². The molecule has 0 bridgehead atoms. The Kier molecular flexibility index (Phi) is 19.4. The van der Waals surface area contributed by atoms with Crippen molar-refractivity contribution in [2.75, 3.05) is 0 Å². The third-order valence-electron chi connectivity index (χ3n) is 2.99. The lowest BCUT2D eigenvalue weighted by molar-refractivity contribution is -0.131. The van der Waals surface area contributed by atoms with Crippen molar-refractivity contribution in [1.82, 2.24) is 0 Å². The van der Waals surface area contributed by atoms with E-state index in [9.17, 15) is 4.79 Å². The maximum Gasteiger partial charge on any atom is 0.327 e. The Hall–Kier alpha value is -0.870. The van der Waals surface area contributed by atoms with Crippen molar-refractivity contribution in [2.24, 2.45) is 0 Å². The van der Waals surface area contributed by atoms with Crippen molar-refractivity contribution in [3.05, 3.63) is 12.7 Å². The number of hydrogen-bond acceptors (Lipinski definition) is 3. The summed E-state index contributed by atoms with van der Waals surface area (Å²) in [6.45, 7) is 5.21. The van der Waals surface area contributed by atoms with E-state index in [1.165, 1.54) is 51.4 Å². The Morgan fingerprint density at radius 1 is 0.950 bits per heavy atom. The van der Waals surface area contributed by atoms with E-state index in [1.807, 2.05) is 0 Å². The summed E-state index contributed by atoms with van der Waals surface area (Å²) in [6.07, 6.45) is 13.2. The lowest BCUT2D eigenvalue weighted by atomic mass is 10.1. The van der Waals surface area contributed by atoms with Gasteiger partial charge >= 0.3 is 5.97 Å². The molecule has 0 radical (unpaired) electrons. The monoisotopic (exact) mass is 288 g/mol. The van der Waals surface area contributed by atoms with Crippen LogP contribution in [0.5, 0.6) is 0 Å². The Bertz CT molecular complexity index is 215. The number of aliphatic hydroxyl groups is 2. The van der Waals surface area contributed by atoms with Crippen LogP contribution >= 0.6 is 0 Å². The largest absolute Gasteiger partial charge is 0.478 e. The van der Waals surface area contributed by atoms with E-state index in [0.29, 0.717) is 6.42 Å². The van der Waals surface area contributed by atoms with Crippen LogP contribution in [0.2, 0.25) is 0 Å². The maximum absolute atomic E-state index is 9.25. The molecule has 0 heterocycles. The molecule has 4 heteroatoms. The van der Waals surface area contributed by atoms with Gasteiger partial charge in [-0.3, -0.25) is 0 Å². The number of carboxylic acids is 1. The molecular formula is C16H32O4. The van der Waals surface area contributed by atoms with Crippen LogP contribution in [0.15, 0.2) is 12.7 Å². The van der Waals surface area contributed by atoms with Gasteiger partial charge in [-0.25, -0.2) is 4.79 Å². The van der Waals surface area contributed by atoms with Crippen molar-refractivity contribution >= 4 is 5.97 Å². The number of aliphatic hydroxyl groups excluding tert-OH is 1. The number of unbranched alkanes of at least 4 members (excludes halogenated alkanes) is 9. The molecular weight excluding hydrogens is 256 g/mol. The molecule has 0 aromatic rings. The topological polar surface area (TPSA) is 77.8 Å². The standard InChI is InChI=1S/C13H28O2.C3H4O2/c1-2-3-4-5-6-7-8-9-10-11-12-13(14)15;1-2-3(4)5/h13-15H,2-12H2,1H3;2H,1H2,(H,4,5). The molecule has 0 aromatic heterocycles. The zero-order valence-corrected chi connectivity index (χ0v) is 12.9. The zero-order chi connectivity index (χ0) is 15.6. The predicted octanol–water partition coefficient (Wildman–Crippen LogP) is 3.87. The maximum atomic E-state index is 9.25. The SMILES string of the molecule is C=CC(=O)O.CCCCCCCCCCCCC(O)O. The number of rotatable bonds is 12. The van der Waals surface area contributed by atoms with Crippen LogP contribution in [0.4, 0.5) is 0 Å². The molecule has 0 saturated carbocycles. The molecule has 20 heavy (non-hydrogen) atoms. The van der Waals surface area contributed by atoms with Gasteiger partial charge in [-0.2, -0.15) is 0 Å². The summed E-state index contributed by atoms with van der Waals surface area (Å²) in [7, 11) is 0. The first-order valence-corrected chi connectivity index (χ1v) is 7.76. The highest BCUT2D eigenvalue weighted by molar-refractivity contribution is 5.78. The molecule has 3 N–H and O–H groups in total. The Balaban J connectivity index is 0. The van der Waals surface area contributed by atoms with Gasteiger partial charge in [0.2, 0.25) is 0 Å². The highest BCUT2D eigenvalue weighted by Gasteiger charge is 1.96. The van der Waals surface area contributed by atoms with Gasteiger partial charge in [0.25, 0.3) is 0 Å². The first-order chi connectivity index (χ1) is 9.54. The smallest absolute Gasteiger partial charge is 0.327 e. The third-order valence-corrected chi connectivity index (χ3v) is 2.99. The van der Waals surface area contributed by atoms with Crippen LogP contribution in [-0.2, 0) is 4.79 Å². The van der Waals surface area contributed by atoms with E-state index in [4.69, 9.17) is 15.3 Å². The molecule has 0 saturated heterocycles. The second kappa shape index (κ2) is 18.1. The van der Waals surface area contributed by atoms with Crippen molar-refractivity contribution in [1.29, 1.82) is 0 Å². The van der Waals surface area contributed by atoms with Crippen LogP contribution < -0.4 is 0 Å². The summed E-state index contributed by atoms with van der Waals surface area (Å²) in [4.78, 5) is 9.25. The summed E-state index contributed by atoms with van der Waals surface area (Å²) < 4.78 is 0. The van der Waals surface area contributed by atoms with Gasteiger partial charge in [0.1, 0.15) is 0 Å². The van der Waals surface area contributed by atoms with Gasteiger partial charge < -0.3 is 15.3 Å². The summed E-state index contributed by atoms with van der Waals surface area (Å²) in [5.74, 6) is -0.981. The Morgan fingerprint density at radius 2 is 1.30 bits per heavy atom.